The van der Waals surface area contributed by atoms with E-state index < -0.39 is 32.2 Å². The molecule has 1 amide bonds. The van der Waals surface area contributed by atoms with Gasteiger partial charge in [0.05, 0.1) is 19.1 Å². The van der Waals surface area contributed by atoms with E-state index in [1.165, 1.54) is 0 Å². The molecule has 0 N–H and O–H groups in total. The minimum Gasteiger partial charge on any atom is -0.272 e. The smallest absolute Gasteiger partial charge is 0.250 e. The third kappa shape index (κ3) is 2.85. The lowest BCUT2D eigenvalue weighted by molar-refractivity contribution is -0.115. The number of nitrogens with zero attached hydrogens (tertiary/aromatic N) is 1. The van der Waals surface area contributed by atoms with Gasteiger partial charge in [-0.25, -0.2) is 13.0 Å². The van der Waals surface area contributed by atoms with Crippen molar-refractivity contribution in [2.75, 3.05) is 6.26 Å². The van der Waals surface area contributed by atoms with E-state index >= 15 is 0 Å². The second-order valence-electron chi connectivity index (χ2n) is 3.11. The van der Waals surface area contributed by atoms with Crippen LogP contribution >= 0.6 is 15.9 Å². The first-order valence-electron chi connectivity index (χ1n) is 4.11. The molecule has 0 aliphatic heterocycles. The molecule has 0 heterocycles. The van der Waals surface area contributed by atoms with Gasteiger partial charge < -0.3 is 0 Å². The van der Waals surface area contributed by atoms with Gasteiger partial charge in [-0.3, -0.25) is 4.79 Å². The molecule has 0 radical (unpaired) electrons. The van der Waals surface area contributed by atoms with E-state index in [1.807, 2.05) is 0 Å². The first-order chi connectivity index (χ1) is 7.24. The summed E-state index contributed by atoms with van der Waals surface area (Å²) in [6.45, 7) is 1.09. The van der Waals surface area contributed by atoms with Crippen LogP contribution in [0.2, 0.25) is 0 Å². The van der Waals surface area contributed by atoms with Gasteiger partial charge in [-0.1, -0.05) is 0 Å². The normalized spacial score (nSPS) is 14.3. The van der Waals surface area contributed by atoms with Crippen LogP contribution in [0.15, 0.2) is 25.9 Å². The fourth-order valence-electron chi connectivity index (χ4n) is 1.09. The first-order valence-corrected chi connectivity index (χ1v) is 6.83. The molecule has 0 aliphatic carbocycles. The highest BCUT2D eigenvalue weighted by Crippen LogP contribution is 2.24. The summed E-state index contributed by atoms with van der Waals surface area (Å²) >= 11 is 2.79. The molecule has 0 saturated heterocycles. The first kappa shape index (κ1) is 13.2. The maximum absolute atomic E-state index is 13.4. The van der Waals surface area contributed by atoms with Crippen molar-refractivity contribution < 1.29 is 17.8 Å². The van der Waals surface area contributed by atoms with Crippen LogP contribution in [-0.4, -0.2) is 16.4 Å². The van der Waals surface area contributed by atoms with Crippen molar-refractivity contribution in [3.63, 3.8) is 0 Å². The maximum Gasteiger partial charge on any atom is 0.250 e. The average molecular weight is 312 g/mol. The summed E-state index contributed by atoms with van der Waals surface area (Å²) in [6, 6.07) is 1.62. The molecule has 1 atom stereocenters. The van der Waals surface area contributed by atoms with Crippen LogP contribution < -0.4 is 0 Å². The van der Waals surface area contributed by atoms with Crippen LogP contribution in [0.3, 0.4) is 0 Å². The van der Waals surface area contributed by atoms with Gasteiger partial charge in [0.1, 0.15) is 11.6 Å². The van der Waals surface area contributed by atoms with Crippen molar-refractivity contribution in [3.8, 4) is 0 Å². The number of benzene rings is 1. The summed E-state index contributed by atoms with van der Waals surface area (Å²) in [5, 5.41) is 0. The molecule has 1 aromatic rings. The molecule has 0 aromatic heterocycles. The third-order valence-corrected chi connectivity index (χ3v) is 4.03. The minimum absolute atomic E-state index is 0.0771. The van der Waals surface area contributed by atoms with E-state index in [9.17, 15) is 17.8 Å². The Kier molecular flexibility index (Phi) is 3.80. The van der Waals surface area contributed by atoms with E-state index in [0.29, 0.717) is 0 Å². The monoisotopic (exact) mass is 311 g/mol. The Morgan fingerprint density at radius 3 is 2.44 bits per heavy atom. The summed E-state index contributed by atoms with van der Waals surface area (Å²) in [4.78, 5) is 10.3. The molecule has 0 aliphatic rings. The van der Waals surface area contributed by atoms with Crippen molar-refractivity contribution in [1.29, 1.82) is 0 Å². The van der Waals surface area contributed by atoms with E-state index in [4.69, 9.17) is 0 Å². The molecule has 0 bridgehead atoms. The zero-order valence-electron chi connectivity index (χ0n) is 8.46. The van der Waals surface area contributed by atoms with E-state index in [0.717, 1.165) is 25.3 Å². The van der Waals surface area contributed by atoms with Gasteiger partial charge in [-0.15, -0.1) is 0 Å². The van der Waals surface area contributed by atoms with E-state index in [2.05, 4.69) is 20.3 Å². The summed E-state index contributed by atoms with van der Waals surface area (Å²) in [7, 11) is -3.24. The molecule has 16 heavy (non-hydrogen) atoms. The van der Waals surface area contributed by atoms with Gasteiger partial charge in [0.15, 0.2) is 0 Å². The van der Waals surface area contributed by atoms with Crippen molar-refractivity contribution in [2.45, 2.75) is 11.8 Å². The highest BCUT2D eigenvalue weighted by Gasteiger charge is 2.16. The summed E-state index contributed by atoms with van der Waals surface area (Å²) in [5.74, 6) is -2.33. The predicted molar refractivity (Wildman–Crippen MR) is 59.5 cm³/mol. The van der Waals surface area contributed by atoms with Crippen molar-refractivity contribution in [3.05, 3.63) is 28.2 Å². The standard InChI is InChI=1S/C9H8BrF2NO2S/c1-5(14)13-16(2,15)9-4-7(11)6(10)3-8(9)12/h3-4H,1-2H3. The number of amides is 1. The fraction of sp³-hybridized carbons (Fsp3) is 0.222. The average Bonchev–Trinajstić information content (AvgIpc) is 2.08. The van der Waals surface area contributed by atoms with E-state index in [-0.39, 0.29) is 4.47 Å². The second kappa shape index (κ2) is 4.58. The Morgan fingerprint density at radius 1 is 1.38 bits per heavy atom. The van der Waals surface area contributed by atoms with Gasteiger partial charge in [0.25, 0.3) is 5.91 Å². The zero-order chi connectivity index (χ0) is 12.5. The van der Waals surface area contributed by atoms with Crippen LogP contribution in [0.25, 0.3) is 0 Å². The number of hydrogen-bond donors (Lipinski definition) is 0. The van der Waals surface area contributed by atoms with Crippen LogP contribution in [0.5, 0.6) is 0 Å². The highest BCUT2D eigenvalue weighted by atomic mass is 79.9. The summed E-state index contributed by atoms with van der Waals surface area (Å²) in [6.07, 6.45) is 1.08. The molecule has 1 rings (SSSR count). The Hall–Kier alpha value is -0.820. The molecule has 3 nitrogen and oxygen atoms in total. The lowest BCUT2D eigenvalue weighted by Gasteiger charge is -2.06. The van der Waals surface area contributed by atoms with Crippen LogP contribution in [0.4, 0.5) is 8.78 Å². The fourth-order valence-corrected chi connectivity index (χ4v) is 2.74. The molecule has 0 saturated carbocycles. The third-order valence-electron chi connectivity index (χ3n) is 1.69. The Labute approximate surface area is 100 Å². The number of halogens is 3. The molecule has 88 valence electrons. The summed E-state index contributed by atoms with van der Waals surface area (Å²) < 4.78 is 41.7. The van der Waals surface area contributed by atoms with Crippen LogP contribution in [0.1, 0.15) is 6.92 Å². The molecule has 7 heteroatoms. The Bertz CT molecular complexity index is 565. The number of rotatable bonds is 1. The second-order valence-corrected chi connectivity index (χ2v) is 6.19. The largest absolute Gasteiger partial charge is 0.272 e. The number of hydrogen-bond acceptors (Lipinski definition) is 2. The lowest BCUT2D eigenvalue weighted by atomic mass is 10.3. The van der Waals surface area contributed by atoms with Crippen LogP contribution in [-0.2, 0) is 14.5 Å². The predicted octanol–water partition coefficient (Wildman–Crippen LogP) is 2.73. The molecule has 0 fully saturated rings. The van der Waals surface area contributed by atoms with Gasteiger partial charge in [-0.2, -0.15) is 4.36 Å². The van der Waals surface area contributed by atoms with Crippen LogP contribution in [0, 0.1) is 11.6 Å². The topological polar surface area (TPSA) is 46.5 Å². The van der Waals surface area contributed by atoms with Crippen molar-refractivity contribution in [1.82, 2.24) is 0 Å². The summed E-state index contributed by atoms with van der Waals surface area (Å²) in [5.41, 5.74) is 0. The minimum atomic E-state index is -3.24. The Balaban J connectivity index is 3.52. The Morgan fingerprint density at radius 2 is 1.94 bits per heavy atom. The highest BCUT2D eigenvalue weighted by molar-refractivity contribution is 9.10. The van der Waals surface area contributed by atoms with Gasteiger partial charge in [0.2, 0.25) is 0 Å². The molecule has 1 aromatic carbocycles. The molecule has 1 unspecified atom stereocenters. The maximum atomic E-state index is 13.4. The number of carbonyl (C=O) groups is 1. The van der Waals surface area contributed by atoms with Gasteiger partial charge in [-0.05, 0) is 28.1 Å². The molecular formula is C9H8BrF2NO2S. The lowest BCUT2D eigenvalue weighted by Crippen LogP contribution is -2.04. The zero-order valence-corrected chi connectivity index (χ0v) is 10.9. The van der Waals surface area contributed by atoms with Crippen molar-refractivity contribution in [2.24, 2.45) is 4.36 Å². The van der Waals surface area contributed by atoms with Crippen molar-refractivity contribution >= 4 is 31.6 Å². The van der Waals surface area contributed by atoms with Gasteiger partial charge in [0, 0.05) is 13.2 Å². The quantitative estimate of drug-likeness (QED) is 0.749. The van der Waals surface area contributed by atoms with Gasteiger partial charge >= 0.3 is 0 Å². The molecule has 0 spiro atoms. The molecular weight excluding hydrogens is 304 g/mol. The van der Waals surface area contributed by atoms with E-state index in [1.54, 1.807) is 0 Å². The number of carbonyl (C=O) groups excluding carboxylic acids is 1. The SMILES string of the molecule is CC(=O)N=S(C)(=O)c1cc(F)c(Br)cc1F.